The maximum absolute atomic E-state index is 12.4. The van der Waals surface area contributed by atoms with E-state index in [9.17, 15) is 13.2 Å². The molecular weight excluding hydrogens is 253 g/mol. The molecule has 0 fully saturated rings. The van der Waals surface area contributed by atoms with Crippen LogP contribution >= 0.6 is 0 Å². The van der Waals surface area contributed by atoms with Crippen LogP contribution in [-0.2, 0) is 12.7 Å². The van der Waals surface area contributed by atoms with E-state index in [-0.39, 0.29) is 0 Å². The summed E-state index contributed by atoms with van der Waals surface area (Å²) in [4.78, 5) is 0. The number of nitrogens with one attached hydrogen (secondary N) is 1. The molecule has 0 spiro atoms. The molecule has 1 aromatic carbocycles. The van der Waals surface area contributed by atoms with Crippen molar-refractivity contribution < 1.29 is 13.2 Å². The number of rotatable bonds is 3. The third kappa shape index (κ3) is 3.53. The summed E-state index contributed by atoms with van der Waals surface area (Å²) in [5, 5.41) is 3.11. The highest BCUT2D eigenvalue weighted by molar-refractivity contribution is 5.33. The second kappa shape index (κ2) is 5.38. The molecule has 1 aliphatic rings. The van der Waals surface area contributed by atoms with Gasteiger partial charge in [0.05, 0.1) is 11.3 Å². The van der Waals surface area contributed by atoms with Crippen molar-refractivity contribution in [2.24, 2.45) is 5.73 Å². The van der Waals surface area contributed by atoms with Gasteiger partial charge in [-0.3, -0.25) is 0 Å². The lowest BCUT2D eigenvalue weighted by atomic mass is 10.1. The molecule has 1 aromatic rings. The van der Waals surface area contributed by atoms with Gasteiger partial charge < -0.3 is 11.1 Å². The first-order chi connectivity index (χ1) is 8.97. The van der Waals surface area contributed by atoms with Crippen LogP contribution in [0.3, 0.4) is 0 Å². The average Bonchev–Trinajstić information content (AvgIpc) is 2.37. The summed E-state index contributed by atoms with van der Waals surface area (Å²) in [6.45, 7) is 0.443. The van der Waals surface area contributed by atoms with Gasteiger partial charge in [-0.15, -0.1) is 0 Å². The molecule has 0 saturated carbocycles. The van der Waals surface area contributed by atoms with Gasteiger partial charge in [0, 0.05) is 18.7 Å². The van der Waals surface area contributed by atoms with E-state index in [2.05, 4.69) is 5.32 Å². The third-order valence-electron chi connectivity index (χ3n) is 2.83. The van der Waals surface area contributed by atoms with Crippen LogP contribution in [0.4, 0.5) is 13.2 Å². The summed E-state index contributed by atoms with van der Waals surface area (Å²) in [6.07, 6.45) is 2.21. The zero-order chi connectivity index (χ0) is 13.9. The van der Waals surface area contributed by atoms with E-state index < -0.39 is 11.7 Å². The molecule has 101 valence electrons. The SMILES string of the molecule is NC1=C(NCc2ccc(C(F)(F)F)cc2)[CH]CC=C1. The van der Waals surface area contributed by atoms with Gasteiger partial charge in [0.15, 0.2) is 0 Å². The summed E-state index contributed by atoms with van der Waals surface area (Å²) >= 11 is 0. The molecule has 1 aliphatic carbocycles. The Morgan fingerprint density at radius 3 is 2.42 bits per heavy atom. The maximum Gasteiger partial charge on any atom is 0.416 e. The van der Waals surface area contributed by atoms with Gasteiger partial charge in [-0.05, 0) is 30.2 Å². The van der Waals surface area contributed by atoms with Crippen molar-refractivity contribution in [2.75, 3.05) is 0 Å². The van der Waals surface area contributed by atoms with Gasteiger partial charge in [0.25, 0.3) is 0 Å². The van der Waals surface area contributed by atoms with E-state index in [0.717, 1.165) is 29.8 Å². The normalized spacial score (nSPS) is 15.7. The zero-order valence-electron chi connectivity index (χ0n) is 10.2. The molecule has 19 heavy (non-hydrogen) atoms. The first-order valence-corrected chi connectivity index (χ1v) is 5.86. The van der Waals surface area contributed by atoms with Gasteiger partial charge in [0.1, 0.15) is 0 Å². The molecule has 0 amide bonds. The number of hydrogen-bond donors (Lipinski definition) is 2. The van der Waals surface area contributed by atoms with Crippen molar-refractivity contribution in [1.29, 1.82) is 0 Å². The largest absolute Gasteiger partial charge is 0.416 e. The number of halogens is 3. The van der Waals surface area contributed by atoms with Gasteiger partial charge in [-0.25, -0.2) is 0 Å². The van der Waals surface area contributed by atoms with E-state index in [0.29, 0.717) is 12.2 Å². The lowest BCUT2D eigenvalue weighted by Gasteiger charge is -2.15. The molecular formula is C14H14F3N2. The van der Waals surface area contributed by atoms with E-state index in [1.54, 1.807) is 0 Å². The molecule has 5 heteroatoms. The number of allylic oxidation sites excluding steroid dienone is 3. The average molecular weight is 267 g/mol. The molecule has 0 heterocycles. The molecule has 0 aliphatic heterocycles. The van der Waals surface area contributed by atoms with Crippen molar-refractivity contribution in [3.05, 3.63) is 65.4 Å². The Labute approximate surface area is 109 Å². The number of hydrogen-bond acceptors (Lipinski definition) is 2. The predicted octanol–water partition coefficient (Wildman–Crippen LogP) is 3.13. The van der Waals surface area contributed by atoms with Crippen molar-refractivity contribution in [3.63, 3.8) is 0 Å². The molecule has 0 aromatic heterocycles. The van der Waals surface area contributed by atoms with Crippen LogP contribution in [0.15, 0.2) is 47.8 Å². The van der Waals surface area contributed by atoms with Crippen LogP contribution in [0.1, 0.15) is 17.5 Å². The van der Waals surface area contributed by atoms with Crippen LogP contribution in [0.2, 0.25) is 0 Å². The standard InChI is InChI=1S/C14H14F3N2/c15-14(16,17)11-7-5-10(6-8-11)9-19-13-4-2-1-3-12(13)18/h1,3-8,19H,2,9,18H2. The van der Waals surface area contributed by atoms with Gasteiger partial charge >= 0.3 is 6.18 Å². The van der Waals surface area contributed by atoms with E-state index in [1.807, 2.05) is 18.6 Å². The monoisotopic (exact) mass is 267 g/mol. The van der Waals surface area contributed by atoms with E-state index >= 15 is 0 Å². The molecule has 3 N–H and O–H groups in total. The van der Waals surface area contributed by atoms with Crippen molar-refractivity contribution in [3.8, 4) is 0 Å². The number of nitrogens with two attached hydrogens (primary N) is 1. The van der Waals surface area contributed by atoms with Crippen LogP contribution in [0.25, 0.3) is 0 Å². The van der Waals surface area contributed by atoms with Crippen LogP contribution in [-0.4, -0.2) is 0 Å². The maximum atomic E-state index is 12.4. The molecule has 0 atom stereocenters. The van der Waals surface area contributed by atoms with Crippen LogP contribution < -0.4 is 11.1 Å². The van der Waals surface area contributed by atoms with Gasteiger partial charge in [0.2, 0.25) is 0 Å². The Balaban J connectivity index is 1.99. The van der Waals surface area contributed by atoms with E-state index in [4.69, 9.17) is 5.73 Å². The van der Waals surface area contributed by atoms with Gasteiger partial charge in [-0.2, -0.15) is 13.2 Å². The predicted molar refractivity (Wildman–Crippen MR) is 67.6 cm³/mol. The van der Waals surface area contributed by atoms with Gasteiger partial charge in [-0.1, -0.05) is 18.2 Å². The summed E-state index contributed by atoms with van der Waals surface area (Å²) in [5.74, 6) is 0. The molecule has 0 bridgehead atoms. The Hall–Kier alpha value is -1.91. The summed E-state index contributed by atoms with van der Waals surface area (Å²) in [6, 6.07) is 5.09. The molecule has 1 radical (unpaired) electrons. The smallest absolute Gasteiger partial charge is 0.397 e. The minimum absolute atomic E-state index is 0.443. The summed E-state index contributed by atoms with van der Waals surface area (Å²) in [5.41, 5.74) is 7.37. The Morgan fingerprint density at radius 1 is 1.16 bits per heavy atom. The first-order valence-electron chi connectivity index (χ1n) is 5.86. The Morgan fingerprint density at radius 2 is 1.84 bits per heavy atom. The van der Waals surface area contributed by atoms with E-state index in [1.165, 1.54) is 12.1 Å². The lowest BCUT2D eigenvalue weighted by molar-refractivity contribution is -0.137. The summed E-state index contributed by atoms with van der Waals surface area (Å²) < 4.78 is 37.2. The number of alkyl halides is 3. The lowest BCUT2D eigenvalue weighted by Crippen LogP contribution is -2.19. The van der Waals surface area contributed by atoms with Crippen LogP contribution in [0, 0.1) is 6.42 Å². The molecule has 0 saturated heterocycles. The fraction of sp³-hybridized carbons (Fsp3) is 0.214. The Bertz CT molecular complexity index is 498. The Kier molecular flexibility index (Phi) is 3.83. The molecule has 2 nitrogen and oxygen atoms in total. The second-order valence-corrected chi connectivity index (χ2v) is 4.26. The topological polar surface area (TPSA) is 38.0 Å². The highest BCUT2D eigenvalue weighted by Crippen LogP contribution is 2.29. The number of benzene rings is 1. The quantitative estimate of drug-likeness (QED) is 0.883. The first kappa shape index (κ1) is 13.5. The van der Waals surface area contributed by atoms with Crippen LogP contribution in [0.5, 0.6) is 0 Å². The molecule has 0 unspecified atom stereocenters. The minimum Gasteiger partial charge on any atom is -0.397 e. The van der Waals surface area contributed by atoms with Crippen molar-refractivity contribution >= 4 is 0 Å². The summed E-state index contributed by atoms with van der Waals surface area (Å²) in [7, 11) is 0. The third-order valence-corrected chi connectivity index (χ3v) is 2.83. The highest BCUT2D eigenvalue weighted by atomic mass is 19.4. The van der Waals surface area contributed by atoms with Crippen molar-refractivity contribution in [2.45, 2.75) is 19.1 Å². The fourth-order valence-corrected chi connectivity index (χ4v) is 1.77. The van der Waals surface area contributed by atoms with Crippen molar-refractivity contribution in [1.82, 2.24) is 5.32 Å². The highest BCUT2D eigenvalue weighted by Gasteiger charge is 2.29. The molecule has 2 rings (SSSR count). The minimum atomic E-state index is -4.29. The fourth-order valence-electron chi connectivity index (χ4n) is 1.77. The zero-order valence-corrected chi connectivity index (χ0v) is 10.2. The second-order valence-electron chi connectivity index (χ2n) is 4.26.